The molecule has 0 radical (unpaired) electrons. The Labute approximate surface area is 98.8 Å². The Kier molecular flexibility index (Phi) is 3.65. The van der Waals surface area contributed by atoms with Crippen LogP contribution >= 0.6 is 0 Å². The predicted molar refractivity (Wildman–Crippen MR) is 67.7 cm³/mol. The van der Waals surface area contributed by atoms with Crippen molar-refractivity contribution in [3.05, 3.63) is 35.4 Å². The molecule has 1 aromatic rings. The van der Waals surface area contributed by atoms with Crippen molar-refractivity contribution in [2.75, 3.05) is 13.2 Å². The Bertz CT molecular complexity index is 320. The minimum Gasteiger partial charge on any atom is -0.381 e. The van der Waals surface area contributed by atoms with Gasteiger partial charge in [-0.15, -0.1) is 0 Å². The highest BCUT2D eigenvalue weighted by Gasteiger charge is 2.27. The molecule has 2 rings (SSSR count). The average molecular weight is 218 g/mol. The standard InChI is InChI=1S/C15H22O/c1-3-13-4-6-14(7-5-13)12-15(2)8-10-16-11-9-15/h4-7H,3,8-12H2,1-2H3. The summed E-state index contributed by atoms with van der Waals surface area (Å²) in [5, 5.41) is 0. The van der Waals surface area contributed by atoms with Crippen LogP contribution in [0.1, 0.15) is 37.8 Å². The van der Waals surface area contributed by atoms with E-state index >= 15 is 0 Å². The smallest absolute Gasteiger partial charge is 0.0471 e. The van der Waals surface area contributed by atoms with Crippen LogP contribution in [0.5, 0.6) is 0 Å². The second-order valence-corrected chi connectivity index (χ2v) is 5.27. The third kappa shape index (κ3) is 2.85. The molecule has 0 amide bonds. The lowest BCUT2D eigenvalue weighted by atomic mass is 9.77. The average Bonchev–Trinajstić information content (AvgIpc) is 2.30. The fourth-order valence-corrected chi connectivity index (χ4v) is 2.43. The van der Waals surface area contributed by atoms with Crippen molar-refractivity contribution in [1.82, 2.24) is 0 Å². The molecule has 1 fully saturated rings. The topological polar surface area (TPSA) is 9.23 Å². The van der Waals surface area contributed by atoms with E-state index in [-0.39, 0.29) is 0 Å². The molecular weight excluding hydrogens is 196 g/mol. The molecule has 1 heterocycles. The van der Waals surface area contributed by atoms with Crippen molar-refractivity contribution in [2.45, 2.75) is 39.5 Å². The zero-order valence-electron chi connectivity index (χ0n) is 10.5. The number of rotatable bonds is 3. The van der Waals surface area contributed by atoms with E-state index in [0.29, 0.717) is 5.41 Å². The van der Waals surface area contributed by atoms with E-state index in [9.17, 15) is 0 Å². The Hall–Kier alpha value is -0.820. The van der Waals surface area contributed by atoms with Gasteiger partial charge in [-0.2, -0.15) is 0 Å². The molecule has 0 atom stereocenters. The molecule has 0 unspecified atom stereocenters. The van der Waals surface area contributed by atoms with Gasteiger partial charge in [-0.1, -0.05) is 38.1 Å². The Balaban J connectivity index is 2.01. The van der Waals surface area contributed by atoms with Crippen LogP contribution < -0.4 is 0 Å². The molecule has 1 aromatic carbocycles. The van der Waals surface area contributed by atoms with Crippen molar-refractivity contribution in [2.24, 2.45) is 5.41 Å². The molecule has 1 nitrogen and oxygen atoms in total. The summed E-state index contributed by atoms with van der Waals surface area (Å²) in [4.78, 5) is 0. The second-order valence-electron chi connectivity index (χ2n) is 5.27. The number of ether oxygens (including phenoxy) is 1. The zero-order valence-corrected chi connectivity index (χ0v) is 10.5. The molecule has 0 aromatic heterocycles. The van der Waals surface area contributed by atoms with Gasteiger partial charge in [0.25, 0.3) is 0 Å². The van der Waals surface area contributed by atoms with E-state index in [2.05, 4.69) is 38.1 Å². The maximum atomic E-state index is 5.44. The van der Waals surface area contributed by atoms with Gasteiger partial charge in [-0.25, -0.2) is 0 Å². The first-order valence-electron chi connectivity index (χ1n) is 6.37. The lowest BCUT2D eigenvalue weighted by molar-refractivity contribution is 0.0241. The van der Waals surface area contributed by atoms with Crippen LogP contribution in [0.4, 0.5) is 0 Å². The van der Waals surface area contributed by atoms with Crippen LogP contribution in [0.2, 0.25) is 0 Å². The third-order valence-corrected chi connectivity index (χ3v) is 3.76. The number of aryl methyl sites for hydroxylation is 1. The fourth-order valence-electron chi connectivity index (χ4n) is 2.43. The van der Waals surface area contributed by atoms with Gasteiger partial charge < -0.3 is 4.74 Å². The van der Waals surface area contributed by atoms with Crippen molar-refractivity contribution < 1.29 is 4.74 Å². The molecule has 1 aliphatic rings. The molecule has 0 spiro atoms. The van der Waals surface area contributed by atoms with Crippen LogP contribution in [-0.2, 0) is 17.6 Å². The maximum absolute atomic E-state index is 5.44. The summed E-state index contributed by atoms with van der Waals surface area (Å²) >= 11 is 0. The summed E-state index contributed by atoms with van der Waals surface area (Å²) < 4.78 is 5.44. The normalized spacial score (nSPS) is 19.6. The van der Waals surface area contributed by atoms with Crippen molar-refractivity contribution >= 4 is 0 Å². The van der Waals surface area contributed by atoms with Gasteiger partial charge in [-0.05, 0) is 42.2 Å². The highest BCUT2D eigenvalue weighted by atomic mass is 16.5. The summed E-state index contributed by atoms with van der Waals surface area (Å²) in [5.74, 6) is 0. The van der Waals surface area contributed by atoms with Gasteiger partial charge in [0.1, 0.15) is 0 Å². The first-order chi connectivity index (χ1) is 7.72. The third-order valence-electron chi connectivity index (χ3n) is 3.76. The Morgan fingerprint density at radius 3 is 2.19 bits per heavy atom. The van der Waals surface area contributed by atoms with Gasteiger partial charge in [0.2, 0.25) is 0 Å². The molecule has 0 bridgehead atoms. The number of hydrogen-bond donors (Lipinski definition) is 0. The quantitative estimate of drug-likeness (QED) is 0.753. The molecule has 1 aliphatic heterocycles. The van der Waals surface area contributed by atoms with Gasteiger partial charge in [0, 0.05) is 13.2 Å². The minimum atomic E-state index is 0.450. The molecule has 0 saturated carbocycles. The number of benzene rings is 1. The Morgan fingerprint density at radius 2 is 1.62 bits per heavy atom. The minimum absolute atomic E-state index is 0.450. The summed E-state index contributed by atoms with van der Waals surface area (Å²) in [7, 11) is 0. The summed E-state index contributed by atoms with van der Waals surface area (Å²) in [6, 6.07) is 9.11. The van der Waals surface area contributed by atoms with E-state index in [0.717, 1.165) is 19.6 Å². The van der Waals surface area contributed by atoms with E-state index in [1.165, 1.54) is 30.4 Å². The monoisotopic (exact) mass is 218 g/mol. The Morgan fingerprint density at radius 1 is 1.06 bits per heavy atom. The predicted octanol–water partition coefficient (Wildman–Crippen LogP) is 3.61. The molecular formula is C15H22O. The van der Waals surface area contributed by atoms with E-state index in [4.69, 9.17) is 4.74 Å². The van der Waals surface area contributed by atoms with Crippen LogP contribution in [0.3, 0.4) is 0 Å². The maximum Gasteiger partial charge on any atom is 0.0471 e. The highest BCUT2D eigenvalue weighted by Crippen LogP contribution is 2.33. The lowest BCUT2D eigenvalue weighted by Gasteiger charge is -2.33. The van der Waals surface area contributed by atoms with E-state index < -0.39 is 0 Å². The fraction of sp³-hybridized carbons (Fsp3) is 0.600. The molecule has 1 saturated heterocycles. The van der Waals surface area contributed by atoms with E-state index in [1.807, 2.05) is 0 Å². The van der Waals surface area contributed by atoms with Crippen LogP contribution in [-0.4, -0.2) is 13.2 Å². The summed E-state index contributed by atoms with van der Waals surface area (Å²) in [6.07, 6.45) is 4.72. The largest absolute Gasteiger partial charge is 0.381 e. The van der Waals surface area contributed by atoms with Gasteiger partial charge >= 0.3 is 0 Å². The zero-order chi connectivity index (χ0) is 11.4. The first kappa shape index (κ1) is 11.7. The second kappa shape index (κ2) is 5.01. The molecule has 16 heavy (non-hydrogen) atoms. The number of hydrogen-bond acceptors (Lipinski definition) is 1. The summed E-state index contributed by atoms with van der Waals surface area (Å²) in [6.45, 7) is 6.46. The van der Waals surface area contributed by atoms with Gasteiger partial charge in [0.05, 0.1) is 0 Å². The van der Waals surface area contributed by atoms with Gasteiger partial charge in [-0.3, -0.25) is 0 Å². The van der Waals surface area contributed by atoms with Crippen LogP contribution in [0.25, 0.3) is 0 Å². The first-order valence-corrected chi connectivity index (χ1v) is 6.37. The molecule has 0 N–H and O–H groups in total. The van der Waals surface area contributed by atoms with Gasteiger partial charge in [0.15, 0.2) is 0 Å². The molecule has 88 valence electrons. The van der Waals surface area contributed by atoms with E-state index in [1.54, 1.807) is 0 Å². The highest BCUT2D eigenvalue weighted by molar-refractivity contribution is 5.23. The SMILES string of the molecule is CCc1ccc(CC2(C)CCOCC2)cc1. The van der Waals surface area contributed by atoms with Crippen LogP contribution in [0, 0.1) is 5.41 Å². The summed E-state index contributed by atoms with van der Waals surface area (Å²) in [5.41, 5.74) is 3.36. The molecule has 1 heteroatoms. The molecule has 0 aliphatic carbocycles. The van der Waals surface area contributed by atoms with Crippen molar-refractivity contribution in [3.8, 4) is 0 Å². The van der Waals surface area contributed by atoms with Crippen molar-refractivity contribution in [1.29, 1.82) is 0 Å². The van der Waals surface area contributed by atoms with Crippen molar-refractivity contribution in [3.63, 3.8) is 0 Å². The van der Waals surface area contributed by atoms with Crippen LogP contribution in [0.15, 0.2) is 24.3 Å². The lowest BCUT2D eigenvalue weighted by Crippen LogP contribution is -2.28.